The Morgan fingerprint density at radius 1 is 1.53 bits per heavy atom. The molecule has 0 aliphatic carbocycles. The fraction of sp³-hybridized carbons (Fsp3) is 0.538. The molecule has 17 heavy (non-hydrogen) atoms. The molecule has 0 amide bonds. The minimum Gasteiger partial charge on any atom is -0.330 e. The van der Waals surface area contributed by atoms with Crippen molar-refractivity contribution in [1.82, 2.24) is 4.90 Å². The number of nitrogens with two attached hydrogens (primary N) is 1. The first-order valence-corrected chi connectivity index (χ1v) is 6.68. The summed E-state index contributed by atoms with van der Waals surface area (Å²) >= 11 is 3.28. The largest absolute Gasteiger partial charge is 0.330 e. The lowest BCUT2D eigenvalue weighted by atomic mass is 9.98. The molecule has 1 saturated heterocycles. The van der Waals surface area contributed by atoms with Gasteiger partial charge in [-0.1, -0.05) is 6.07 Å². The van der Waals surface area contributed by atoms with Crippen LogP contribution in [-0.2, 0) is 0 Å². The minimum atomic E-state index is -0.134. The summed E-state index contributed by atoms with van der Waals surface area (Å²) in [6.07, 6.45) is 0.944. The van der Waals surface area contributed by atoms with Crippen molar-refractivity contribution in [2.24, 2.45) is 11.7 Å². The molecule has 2 atom stereocenters. The molecule has 1 aliphatic rings. The zero-order chi connectivity index (χ0) is 12.6. The van der Waals surface area contributed by atoms with E-state index in [1.54, 1.807) is 0 Å². The van der Waals surface area contributed by atoms with Gasteiger partial charge >= 0.3 is 0 Å². The standard InChI is InChI=1S/C13H18BrFN2/c1-8-3-10(13(15)11(14)4-8)12-5-9(6-16)7-17(12)2/h3-4,9,12H,5-7,16H2,1-2H3. The van der Waals surface area contributed by atoms with Gasteiger partial charge in [0.1, 0.15) is 5.82 Å². The van der Waals surface area contributed by atoms with Crippen molar-refractivity contribution >= 4 is 15.9 Å². The van der Waals surface area contributed by atoms with Crippen LogP contribution in [0.15, 0.2) is 16.6 Å². The van der Waals surface area contributed by atoms with Gasteiger partial charge in [0, 0.05) is 18.2 Å². The van der Waals surface area contributed by atoms with Crippen molar-refractivity contribution in [2.75, 3.05) is 20.1 Å². The Balaban J connectivity index is 2.34. The van der Waals surface area contributed by atoms with Gasteiger partial charge in [-0.15, -0.1) is 0 Å². The summed E-state index contributed by atoms with van der Waals surface area (Å²) in [6, 6.07) is 3.91. The van der Waals surface area contributed by atoms with E-state index in [2.05, 4.69) is 20.8 Å². The normalized spacial score (nSPS) is 25.5. The number of benzene rings is 1. The molecular formula is C13H18BrFN2. The van der Waals surface area contributed by atoms with E-state index >= 15 is 0 Å². The first-order chi connectivity index (χ1) is 8.02. The quantitative estimate of drug-likeness (QED) is 0.910. The average Bonchev–Trinajstić information content (AvgIpc) is 2.65. The average molecular weight is 301 g/mol. The Hall–Kier alpha value is -0.450. The number of rotatable bonds is 2. The number of hydrogen-bond donors (Lipinski definition) is 1. The molecule has 0 aromatic heterocycles. The van der Waals surface area contributed by atoms with E-state index in [1.165, 1.54) is 0 Å². The van der Waals surface area contributed by atoms with Crippen LogP contribution in [0.3, 0.4) is 0 Å². The predicted octanol–water partition coefficient (Wildman–Crippen LogP) is 2.85. The van der Waals surface area contributed by atoms with Crippen molar-refractivity contribution in [2.45, 2.75) is 19.4 Å². The highest BCUT2D eigenvalue weighted by Gasteiger charge is 2.31. The Labute approximate surface area is 110 Å². The Kier molecular flexibility index (Phi) is 3.85. The topological polar surface area (TPSA) is 29.3 Å². The first kappa shape index (κ1) is 13.0. The van der Waals surface area contributed by atoms with Crippen LogP contribution in [-0.4, -0.2) is 25.0 Å². The van der Waals surface area contributed by atoms with Crippen LogP contribution in [0.4, 0.5) is 4.39 Å². The van der Waals surface area contributed by atoms with Gasteiger partial charge in [-0.2, -0.15) is 0 Å². The number of likely N-dealkylation sites (tertiary alicyclic amines) is 1. The SMILES string of the molecule is Cc1cc(Br)c(F)c(C2CC(CN)CN2C)c1. The van der Waals surface area contributed by atoms with E-state index < -0.39 is 0 Å². The van der Waals surface area contributed by atoms with Crippen LogP contribution in [0.25, 0.3) is 0 Å². The van der Waals surface area contributed by atoms with E-state index in [0.29, 0.717) is 16.9 Å². The van der Waals surface area contributed by atoms with Crippen LogP contribution in [0.5, 0.6) is 0 Å². The van der Waals surface area contributed by atoms with E-state index in [1.807, 2.05) is 26.1 Å². The molecule has 2 unspecified atom stereocenters. The molecule has 0 spiro atoms. The van der Waals surface area contributed by atoms with Crippen LogP contribution in [0.2, 0.25) is 0 Å². The zero-order valence-electron chi connectivity index (χ0n) is 10.2. The van der Waals surface area contributed by atoms with Crippen molar-refractivity contribution in [3.63, 3.8) is 0 Å². The molecule has 0 bridgehead atoms. The molecular weight excluding hydrogens is 283 g/mol. The summed E-state index contributed by atoms with van der Waals surface area (Å²) in [5, 5.41) is 0. The summed E-state index contributed by atoms with van der Waals surface area (Å²) < 4.78 is 14.7. The Morgan fingerprint density at radius 3 is 2.82 bits per heavy atom. The Morgan fingerprint density at radius 2 is 2.24 bits per heavy atom. The second-order valence-corrected chi connectivity index (χ2v) is 5.80. The zero-order valence-corrected chi connectivity index (χ0v) is 11.8. The van der Waals surface area contributed by atoms with Gasteiger partial charge in [0.2, 0.25) is 0 Å². The van der Waals surface area contributed by atoms with E-state index in [0.717, 1.165) is 24.1 Å². The highest BCUT2D eigenvalue weighted by molar-refractivity contribution is 9.10. The summed E-state index contributed by atoms with van der Waals surface area (Å²) in [5.41, 5.74) is 7.57. The maximum Gasteiger partial charge on any atom is 0.142 e. The fourth-order valence-electron chi connectivity index (χ4n) is 2.63. The third-order valence-corrected chi connectivity index (χ3v) is 4.10. The van der Waals surface area contributed by atoms with Gasteiger partial charge in [-0.25, -0.2) is 4.39 Å². The second kappa shape index (κ2) is 5.04. The number of aryl methyl sites for hydroxylation is 1. The lowest BCUT2D eigenvalue weighted by Gasteiger charge is -2.21. The molecule has 4 heteroatoms. The number of nitrogens with zero attached hydrogens (tertiary/aromatic N) is 1. The van der Waals surface area contributed by atoms with E-state index in [9.17, 15) is 4.39 Å². The molecule has 2 rings (SSSR count). The van der Waals surface area contributed by atoms with Gasteiger partial charge in [-0.3, -0.25) is 4.90 Å². The van der Waals surface area contributed by atoms with Gasteiger partial charge in [-0.05, 0) is 60.4 Å². The maximum absolute atomic E-state index is 14.1. The molecule has 1 heterocycles. The molecule has 2 nitrogen and oxygen atoms in total. The van der Waals surface area contributed by atoms with E-state index in [-0.39, 0.29) is 11.9 Å². The molecule has 1 aromatic carbocycles. The van der Waals surface area contributed by atoms with Crippen LogP contribution in [0.1, 0.15) is 23.6 Å². The molecule has 1 aliphatic heterocycles. The van der Waals surface area contributed by atoms with Crippen LogP contribution in [0, 0.1) is 18.7 Å². The van der Waals surface area contributed by atoms with Crippen LogP contribution >= 0.6 is 15.9 Å². The fourth-order valence-corrected chi connectivity index (χ4v) is 3.22. The lowest BCUT2D eigenvalue weighted by molar-refractivity contribution is 0.306. The number of hydrogen-bond acceptors (Lipinski definition) is 2. The second-order valence-electron chi connectivity index (χ2n) is 4.94. The van der Waals surface area contributed by atoms with Gasteiger partial charge in [0.25, 0.3) is 0 Å². The minimum absolute atomic E-state index is 0.134. The smallest absolute Gasteiger partial charge is 0.142 e. The van der Waals surface area contributed by atoms with Crippen molar-refractivity contribution < 1.29 is 4.39 Å². The van der Waals surface area contributed by atoms with Crippen LogP contribution < -0.4 is 5.73 Å². The first-order valence-electron chi connectivity index (χ1n) is 5.88. The highest BCUT2D eigenvalue weighted by atomic mass is 79.9. The predicted molar refractivity (Wildman–Crippen MR) is 71.4 cm³/mol. The number of halogens is 2. The van der Waals surface area contributed by atoms with Gasteiger partial charge in [0.15, 0.2) is 0 Å². The monoisotopic (exact) mass is 300 g/mol. The highest BCUT2D eigenvalue weighted by Crippen LogP contribution is 2.37. The third kappa shape index (κ3) is 2.54. The Bertz CT molecular complexity index is 422. The third-order valence-electron chi connectivity index (χ3n) is 3.53. The maximum atomic E-state index is 14.1. The van der Waals surface area contributed by atoms with E-state index in [4.69, 9.17) is 5.73 Å². The van der Waals surface area contributed by atoms with Gasteiger partial charge < -0.3 is 5.73 Å². The van der Waals surface area contributed by atoms with Crippen molar-refractivity contribution in [3.8, 4) is 0 Å². The summed E-state index contributed by atoms with van der Waals surface area (Å²) in [4.78, 5) is 2.20. The molecule has 0 radical (unpaired) electrons. The summed E-state index contributed by atoms with van der Waals surface area (Å²) in [6.45, 7) is 3.62. The molecule has 1 fully saturated rings. The van der Waals surface area contributed by atoms with Crippen molar-refractivity contribution in [1.29, 1.82) is 0 Å². The molecule has 94 valence electrons. The lowest BCUT2D eigenvalue weighted by Crippen LogP contribution is -2.21. The summed E-state index contributed by atoms with van der Waals surface area (Å²) in [5.74, 6) is 0.341. The molecule has 2 N–H and O–H groups in total. The molecule has 1 aromatic rings. The molecule has 0 saturated carbocycles. The summed E-state index contributed by atoms with van der Waals surface area (Å²) in [7, 11) is 2.04. The van der Waals surface area contributed by atoms with Gasteiger partial charge in [0.05, 0.1) is 4.47 Å². The van der Waals surface area contributed by atoms with Crippen molar-refractivity contribution in [3.05, 3.63) is 33.5 Å².